The predicted molar refractivity (Wildman–Crippen MR) is 93.6 cm³/mol. The maximum atomic E-state index is 11.9. The molecule has 0 bridgehead atoms. The van der Waals surface area contributed by atoms with Crippen molar-refractivity contribution in [2.45, 2.75) is 38.8 Å². The van der Waals surface area contributed by atoms with E-state index in [1.807, 2.05) is 0 Å². The second-order valence-corrected chi connectivity index (χ2v) is 6.04. The zero-order valence-electron chi connectivity index (χ0n) is 14.2. The Kier molecular flexibility index (Phi) is 8.26. The first-order chi connectivity index (χ1) is 10.6. The second kappa shape index (κ2) is 9.12. The van der Waals surface area contributed by atoms with Gasteiger partial charge < -0.3 is 20.5 Å². The lowest BCUT2D eigenvalue weighted by Crippen LogP contribution is -2.45. The summed E-state index contributed by atoms with van der Waals surface area (Å²) in [7, 11) is 1.25. The van der Waals surface area contributed by atoms with Crippen molar-refractivity contribution < 1.29 is 19.1 Å². The third-order valence-electron chi connectivity index (χ3n) is 2.85. The van der Waals surface area contributed by atoms with Crippen LogP contribution >= 0.6 is 12.4 Å². The van der Waals surface area contributed by atoms with Crippen LogP contribution in [0.5, 0.6) is 0 Å². The minimum absolute atomic E-state index is 0. The van der Waals surface area contributed by atoms with E-state index < -0.39 is 23.7 Å². The molecule has 8 heteroatoms. The van der Waals surface area contributed by atoms with Crippen LogP contribution in [0.2, 0.25) is 0 Å². The molecule has 0 saturated heterocycles. The molecular weight excluding hydrogens is 334 g/mol. The van der Waals surface area contributed by atoms with Gasteiger partial charge in [-0.1, -0.05) is 18.2 Å². The van der Waals surface area contributed by atoms with Crippen LogP contribution in [0.25, 0.3) is 0 Å². The molecule has 4 N–H and O–H groups in total. The Hall–Kier alpha value is -2.28. The van der Waals surface area contributed by atoms with Crippen LogP contribution in [0.15, 0.2) is 24.3 Å². The van der Waals surface area contributed by atoms with Crippen LogP contribution in [-0.2, 0) is 20.7 Å². The van der Waals surface area contributed by atoms with Crippen LogP contribution < -0.4 is 11.1 Å². The molecule has 0 aromatic heterocycles. The number of methoxy groups -OCH3 is 1. The second-order valence-electron chi connectivity index (χ2n) is 6.04. The zero-order chi connectivity index (χ0) is 17.6. The van der Waals surface area contributed by atoms with E-state index in [0.717, 1.165) is 5.56 Å². The average molecular weight is 358 g/mol. The van der Waals surface area contributed by atoms with Crippen molar-refractivity contribution in [3.8, 4) is 0 Å². The fourth-order valence-electron chi connectivity index (χ4n) is 1.89. The lowest BCUT2D eigenvalue weighted by molar-refractivity contribution is -0.143. The van der Waals surface area contributed by atoms with Crippen LogP contribution in [0, 0.1) is 5.41 Å². The SMILES string of the molecule is COC(=O)[C@H](Cc1cccc(C(=N)N)c1)NC(=O)OC(C)(C)C.Cl. The molecule has 0 saturated carbocycles. The highest BCUT2D eigenvalue weighted by atomic mass is 35.5. The van der Waals surface area contributed by atoms with Crippen molar-refractivity contribution in [3.05, 3.63) is 35.4 Å². The number of hydrogen-bond acceptors (Lipinski definition) is 5. The van der Waals surface area contributed by atoms with Gasteiger partial charge in [0.1, 0.15) is 17.5 Å². The molecule has 1 aromatic carbocycles. The molecule has 1 amide bonds. The van der Waals surface area contributed by atoms with Crippen molar-refractivity contribution in [1.82, 2.24) is 5.32 Å². The molecule has 1 atom stereocenters. The van der Waals surface area contributed by atoms with Crippen molar-refractivity contribution in [1.29, 1.82) is 5.41 Å². The first-order valence-electron chi connectivity index (χ1n) is 7.13. The summed E-state index contributed by atoms with van der Waals surface area (Å²) in [4.78, 5) is 23.7. The molecule has 24 heavy (non-hydrogen) atoms. The Labute approximate surface area is 147 Å². The molecule has 0 aliphatic rings. The van der Waals surface area contributed by atoms with Gasteiger partial charge in [0.15, 0.2) is 0 Å². The number of benzene rings is 1. The number of amides is 1. The van der Waals surface area contributed by atoms with E-state index in [1.54, 1.807) is 45.0 Å². The number of rotatable bonds is 5. The monoisotopic (exact) mass is 357 g/mol. The summed E-state index contributed by atoms with van der Waals surface area (Å²) in [5.74, 6) is -0.648. The van der Waals surface area contributed by atoms with Crippen LogP contribution in [0.1, 0.15) is 31.9 Å². The molecule has 0 heterocycles. The number of alkyl carbamates (subject to hydrolysis) is 1. The van der Waals surface area contributed by atoms with Gasteiger partial charge in [0.25, 0.3) is 0 Å². The van der Waals surface area contributed by atoms with E-state index in [4.69, 9.17) is 20.6 Å². The summed E-state index contributed by atoms with van der Waals surface area (Å²) in [6.07, 6.45) is -0.497. The largest absolute Gasteiger partial charge is 0.467 e. The fraction of sp³-hybridized carbons (Fsp3) is 0.438. The van der Waals surface area contributed by atoms with Gasteiger partial charge in [-0.25, -0.2) is 9.59 Å². The molecule has 0 radical (unpaired) electrons. The molecule has 0 unspecified atom stereocenters. The van der Waals surface area contributed by atoms with Crippen LogP contribution in [-0.4, -0.2) is 36.7 Å². The van der Waals surface area contributed by atoms with Crippen LogP contribution in [0.3, 0.4) is 0 Å². The number of esters is 1. The lowest BCUT2D eigenvalue weighted by atomic mass is 10.0. The Balaban J connectivity index is 0.00000529. The number of hydrogen-bond donors (Lipinski definition) is 3. The van der Waals surface area contributed by atoms with Gasteiger partial charge in [0.2, 0.25) is 0 Å². The highest BCUT2D eigenvalue weighted by Gasteiger charge is 2.25. The molecule has 0 spiro atoms. The van der Waals surface area contributed by atoms with Gasteiger partial charge in [-0.3, -0.25) is 5.41 Å². The van der Waals surface area contributed by atoms with E-state index in [0.29, 0.717) is 5.56 Å². The Morgan fingerprint density at radius 3 is 2.46 bits per heavy atom. The highest BCUT2D eigenvalue weighted by molar-refractivity contribution is 5.95. The standard InChI is InChI=1S/C16H23N3O4.ClH/c1-16(2,3)23-15(21)19-12(14(20)22-4)9-10-6-5-7-11(8-10)13(17)18;/h5-8,12H,9H2,1-4H3,(H3,17,18)(H,19,21);1H/t12-;/m0./s1. The average Bonchev–Trinajstić information content (AvgIpc) is 2.44. The van der Waals surface area contributed by atoms with Gasteiger partial charge in [-0.05, 0) is 32.4 Å². The molecule has 1 rings (SSSR count). The number of amidine groups is 1. The Morgan fingerprint density at radius 2 is 1.96 bits per heavy atom. The quantitative estimate of drug-likeness (QED) is 0.423. The smallest absolute Gasteiger partial charge is 0.408 e. The Bertz CT molecular complexity index is 599. The summed E-state index contributed by atoms with van der Waals surface area (Å²) < 4.78 is 9.87. The summed E-state index contributed by atoms with van der Waals surface area (Å²) in [5.41, 5.74) is 6.07. The van der Waals surface area contributed by atoms with Gasteiger partial charge in [0, 0.05) is 12.0 Å². The van der Waals surface area contributed by atoms with E-state index in [-0.39, 0.29) is 24.7 Å². The Morgan fingerprint density at radius 1 is 1.33 bits per heavy atom. The number of halogens is 1. The summed E-state index contributed by atoms with van der Waals surface area (Å²) in [6.45, 7) is 5.20. The predicted octanol–water partition coefficient (Wildman–Crippen LogP) is 2.00. The normalized spacial score (nSPS) is 11.7. The van der Waals surface area contributed by atoms with Crippen molar-refractivity contribution >= 4 is 30.3 Å². The van der Waals surface area contributed by atoms with Crippen LogP contribution in [0.4, 0.5) is 4.79 Å². The molecule has 134 valence electrons. The lowest BCUT2D eigenvalue weighted by Gasteiger charge is -2.22. The van der Waals surface area contributed by atoms with Gasteiger partial charge >= 0.3 is 12.1 Å². The number of carbonyl (C=O) groups excluding carboxylic acids is 2. The summed E-state index contributed by atoms with van der Waals surface area (Å²) >= 11 is 0. The highest BCUT2D eigenvalue weighted by Crippen LogP contribution is 2.10. The third kappa shape index (κ3) is 7.32. The van der Waals surface area contributed by atoms with Crippen molar-refractivity contribution in [2.75, 3.05) is 7.11 Å². The topological polar surface area (TPSA) is 115 Å². The zero-order valence-corrected chi connectivity index (χ0v) is 15.0. The molecule has 0 aliphatic heterocycles. The minimum Gasteiger partial charge on any atom is -0.467 e. The number of nitrogens with two attached hydrogens (primary N) is 1. The minimum atomic E-state index is -0.892. The molecule has 0 aliphatic carbocycles. The molecule has 7 nitrogen and oxygen atoms in total. The summed E-state index contributed by atoms with van der Waals surface area (Å²) in [6, 6.07) is 6.00. The molecule has 0 fully saturated rings. The molecule has 1 aromatic rings. The number of nitrogens with one attached hydrogen (secondary N) is 2. The van der Waals surface area contributed by atoms with Crippen molar-refractivity contribution in [2.24, 2.45) is 5.73 Å². The maximum absolute atomic E-state index is 11.9. The number of carbonyl (C=O) groups is 2. The third-order valence-corrected chi connectivity index (χ3v) is 2.85. The first kappa shape index (κ1) is 21.7. The fourth-order valence-corrected chi connectivity index (χ4v) is 1.89. The van der Waals surface area contributed by atoms with Gasteiger partial charge in [-0.2, -0.15) is 0 Å². The van der Waals surface area contributed by atoms with E-state index in [1.165, 1.54) is 7.11 Å². The van der Waals surface area contributed by atoms with E-state index >= 15 is 0 Å². The van der Waals surface area contributed by atoms with Crippen molar-refractivity contribution in [3.63, 3.8) is 0 Å². The van der Waals surface area contributed by atoms with Gasteiger partial charge in [-0.15, -0.1) is 12.4 Å². The van der Waals surface area contributed by atoms with E-state index in [9.17, 15) is 9.59 Å². The molecular formula is C16H24ClN3O4. The maximum Gasteiger partial charge on any atom is 0.408 e. The first-order valence-corrected chi connectivity index (χ1v) is 7.13. The summed E-state index contributed by atoms with van der Waals surface area (Å²) in [5, 5.41) is 9.94. The van der Waals surface area contributed by atoms with Gasteiger partial charge in [0.05, 0.1) is 7.11 Å². The number of ether oxygens (including phenoxy) is 2. The number of nitrogen functional groups attached to an aromatic ring is 1. The van der Waals surface area contributed by atoms with E-state index in [2.05, 4.69) is 5.32 Å².